The monoisotopic (exact) mass is 410 g/mol. The molecule has 6 nitrogen and oxygen atoms in total. The number of halogens is 1. The number of sulfonamides is 1. The van der Waals surface area contributed by atoms with Crippen LogP contribution in [0.4, 0.5) is 11.4 Å². The summed E-state index contributed by atoms with van der Waals surface area (Å²) in [5.41, 5.74) is 2.39. The maximum atomic E-state index is 12.8. The first-order valence-electron chi connectivity index (χ1n) is 8.26. The van der Waals surface area contributed by atoms with Crippen LogP contribution in [0.25, 0.3) is 0 Å². The van der Waals surface area contributed by atoms with Gasteiger partial charge in [0.25, 0.3) is 0 Å². The van der Waals surface area contributed by atoms with Gasteiger partial charge in [0.15, 0.2) is 0 Å². The van der Waals surface area contributed by atoms with Gasteiger partial charge in [-0.1, -0.05) is 23.7 Å². The minimum Gasteiger partial charge on any atom is -0.495 e. The van der Waals surface area contributed by atoms with E-state index in [0.717, 1.165) is 16.1 Å². The molecule has 2 rings (SSSR count). The molecule has 0 fully saturated rings. The molecule has 1 atom stereocenters. The van der Waals surface area contributed by atoms with Crippen LogP contribution < -0.4 is 14.4 Å². The number of carbonyl (C=O) groups is 1. The lowest BCUT2D eigenvalue weighted by Gasteiger charge is -2.29. The molecule has 0 aliphatic rings. The molecule has 146 valence electrons. The van der Waals surface area contributed by atoms with Crippen molar-refractivity contribution in [3.8, 4) is 5.75 Å². The molecule has 0 aliphatic heterocycles. The number of hydrogen-bond donors (Lipinski definition) is 1. The van der Waals surface area contributed by atoms with E-state index in [1.165, 1.54) is 14.0 Å². The molecule has 0 spiro atoms. The number of methoxy groups -OCH3 is 1. The molecular formula is C19H23ClN2O4S. The van der Waals surface area contributed by atoms with E-state index in [0.29, 0.717) is 27.7 Å². The van der Waals surface area contributed by atoms with Crippen molar-refractivity contribution in [2.45, 2.75) is 26.8 Å². The highest BCUT2D eigenvalue weighted by atomic mass is 35.5. The Morgan fingerprint density at radius 1 is 1.22 bits per heavy atom. The molecule has 2 aromatic rings. The van der Waals surface area contributed by atoms with Gasteiger partial charge >= 0.3 is 0 Å². The van der Waals surface area contributed by atoms with Crippen LogP contribution in [0.15, 0.2) is 36.4 Å². The molecule has 0 aliphatic carbocycles. The van der Waals surface area contributed by atoms with Gasteiger partial charge in [0.1, 0.15) is 11.8 Å². The second-order valence-corrected chi connectivity index (χ2v) is 8.58. The molecular weight excluding hydrogens is 388 g/mol. The Morgan fingerprint density at radius 2 is 1.89 bits per heavy atom. The van der Waals surface area contributed by atoms with Gasteiger partial charge in [-0.15, -0.1) is 0 Å². The molecule has 8 heteroatoms. The molecule has 0 aromatic heterocycles. The molecule has 0 saturated carbocycles. The van der Waals surface area contributed by atoms with Gasteiger partial charge in [0.05, 0.1) is 19.1 Å². The Balaban J connectivity index is 2.44. The van der Waals surface area contributed by atoms with Crippen LogP contribution in [0.2, 0.25) is 5.02 Å². The SMILES string of the molecule is COc1ccc(C)cc1N(C(C)C(=O)Nc1cccc(Cl)c1C)S(C)(=O)=O. The highest BCUT2D eigenvalue weighted by Gasteiger charge is 2.31. The Bertz CT molecular complexity index is 960. The van der Waals surface area contributed by atoms with Gasteiger partial charge in [0.2, 0.25) is 15.9 Å². The first kappa shape index (κ1) is 21.1. The Hall–Kier alpha value is -2.25. The van der Waals surface area contributed by atoms with E-state index in [4.69, 9.17) is 16.3 Å². The van der Waals surface area contributed by atoms with Gasteiger partial charge in [0, 0.05) is 10.7 Å². The predicted octanol–water partition coefficient (Wildman–Crippen LogP) is 3.76. The minimum absolute atomic E-state index is 0.311. The summed E-state index contributed by atoms with van der Waals surface area (Å²) in [5.74, 6) is -0.112. The van der Waals surface area contributed by atoms with E-state index in [1.54, 1.807) is 37.3 Å². The lowest BCUT2D eigenvalue weighted by atomic mass is 10.1. The summed E-state index contributed by atoms with van der Waals surface area (Å²) >= 11 is 6.09. The number of rotatable bonds is 6. The standard InChI is InChI=1S/C19H23ClN2O4S/c1-12-9-10-18(26-4)17(11-12)22(27(5,24)25)14(3)19(23)21-16-8-6-7-15(20)13(16)2/h6-11,14H,1-5H3,(H,21,23). The van der Waals surface area contributed by atoms with Crippen LogP contribution in [0.1, 0.15) is 18.1 Å². The summed E-state index contributed by atoms with van der Waals surface area (Å²) in [4.78, 5) is 12.8. The lowest BCUT2D eigenvalue weighted by molar-refractivity contribution is -0.116. The van der Waals surface area contributed by atoms with Crippen molar-refractivity contribution in [2.24, 2.45) is 0 Å². The zero-order chi connectivity index (χ0) is 20.4. The van der Waals surface area contributed by atoms with Gasteiger partial charge in [-0.3, -0.25) is 9.10 Å². The van der Waals surface area contributed by atoms with E-state index in [2.05, 4.69) is 5.32 Å². The Labute approximate surface area is 165 Å². The van der Waals surface area contributed by atoms with Crippen molar-refractivity contribution < 1.29 is 17.9 Å². The topological polar surface area (TPSA) is 75.7 Å². The number of nitrogens with one attached hydrogen (secondary N) is 1. The first-order chi connectivity index (χ1) is 12.6. The number of aryl methyl sites for hydroxylation is 1. The largest absolute Gasteiger partial charge is 0.495 e. The van der Waals surface area contributed by atoms with Crippen molar-refractivity contribution >= 4 is 38.9 Å². The Morgan fingerprint density at radius 3 is 2.48 bits per heavy atom. The quantitative estimate of drug-likeness (QED) is 0.786. The van der Waals surface area contributed by atoms with Gasteiger partial charge in [-0.2, -0.15) is 0 Å². The fourth-order valence-corrected chi connectivity index (χ4v) is 4.08. The van der Waals surface area contributed by atoms with E-state index in [9.17, 15) is 13.2 Å². The molecule has 1 amide bonds. The molecule has 0 bridgehead atoms. The van der Waals surface area contributed by atoms with Crippen LogP contribution >= 0.6 is 11.6 Å². The zero-order valence-corrected chi connectivity index (χ0v) is 17.5. The third kappa shape index (κ3) is 4.73. The number of anilines is 2. The van der Waals surface area contributed by atoms with Crippen molar-refractivity contribution in [2.75, 3.05) is 23.0 Å². The van der Waals surface area contributed by atoms with Gasteiger partial charge < -0.3 is 10.1 Å². The minimum atomic E-state index is -3.76. The molecule has 27 heavy (non-hydrogen) atoms. The number of amides is 1. The van der Waals surface area contributed by atoms with Crippen molar-refractivity contribution in [3.05, 3.63) is 52.5 Å². The van der Waals surface area contributed by atoms with Gasteiger partial charge in [-0.05, 0) is 56.2 Å². The smallest absolute Gasteiger partial charge is 0.248 e. The zero-order valence-electron chi connectivity index (χ0n) is 15.9. The summed E-state index contributed by atoms with van der Waals surface area (Å²) in [7, 11) is -2.30. The molecule has 1 unspecified atom stereocenters. The average Bonchev–Trinajstić information content (AvgIpc) is 2.58. The molecule has 2 aromatic carbocycles. The molecule has 1 N–H and O–H groups in total. The average molecular weight is 411 g/mol. The van der Waals surface area contributed by atoms with Crippen LogP contribution in [0, 0.1) is 13.8 Å². The summed E-state index contributed by atoms with van der Waals surface area (Å²) in [6.07, 6.45) is 1.06. The maximum absolute atomic E-state index is 12.8. The van der Waals surface area contributed by atoms with Gasteiger partial charge in [-0.25, -0.2) is 8.42 Å². The lowest BCUT2D eigenvalue weighted by Crippen LogP contribution is -2.45. The first-order valence-corrected chi connectivity index (χ1v) is 10.5. The maximum Gasteiger partial charge on any atom is 0.248 e. The van der Waals surface area contributed by atoms with E-state index in [1.807, 2.05) is 13.0 Å². The molecule has 0 saturated heterocycles. The van der Waals surface area contributed by atoms with E-state index < -0.39 is 22.0 Å². The van der Waals surface area contributed by atoms with Crippen molar-refractivity contribution in [3.63, 3.8) is 0 Å². The highest BCUT2D eigenvalue weighted by Crippen LogP contribution is 2.33. The Kier molecular flexibility index (Phi) is 6.38. The third-order valence-corrected chi connectivity index (χ3v) is 5.82. The second kappa shape index (κ2) is 8.19. The third-order valence-electron chi connectivity index (χ3n) is 4.19. The number of hydrogen-bond acceptors (Lipinski definition) is 4. The van der Waals surface area contributed by atoms with Crippen LogP contribution in [-0.2, 0) is 14.8 Å². The fraction of sp³-hybridized carbons (Fsp3) is 0.316. The molecule has 0 heterocycles. The summed E-state index contributed by atoms with van der Waals surface area (Å²) in [6, 6.07) is 9.30. The van der Waals surface area contributed by atoms with Crippen LogP contribution in [0.3, 0.4) is 0 Å². The van der Waals surface area contributed by atoms with Crippen LogP contribution in [-0.4, -0.2) is 33.7 Å². The number of carbonyl (C=O) groups excluding carboxylic acids is 1. The summed E-state index contributed by atoms with van der Waals surface area (Å²) in [5, 5.41) is 3.27. The van der Waals surface area contributed by atoms with E-state index in [-0.39, 0.29) is 0 Å². The van der Waals surface area contributed by atoms with Crippen molar-refractivity contribution in [1.82, 2.24) is 0 Å². The van der Waals surface area contributed by atoms with Crippen LogP contribution in [0.5, 0.6) is 5.75 Å². The second-order valence-electron chi connectivity index (χ2n) is 6.31. The fourth-order valence-electron chi connectivity index (χ4n) is 2.73. The number of nitrogens with zero attached hydrogens (tertiary/aromatic N) is 1. The van der Waals surface area contributed by atoms with Crippen molar-refractivity contribution in [1.29, 1.82) is 0 Å². The summed E-state index contributed by atoms with van der Waals surface area (Å²) in [6.45, 7) is 5.14. The summed E-state index contributed by atoms with van der Waals surface area (Å²) < 4.78 is 31.4. The number of ether oxygens (including phenoxy) is 1. The molecule has 0 radical (unpaired) electrons. The van der Waals surface area contributed by atoms with E-state index >= 15 is 0 Å². The number of benzene rings is 2. The normalized spacial score (nSPS) is 12.4. The predicted molar refractivity (Wildman–Crippen MR) is 109 cm³/mol. The highest BCUT2D eigenvalue weighted by molar-refractivity contribution is 7.92.